The van der Waals surface area contributed by atoms with Gasteiger partial charge in [0.05, 0.1) is 0 Å². The third-order valence-corrected chi connectivity index (χ3v) is 5.75. The van der Waals surface area contributed by atoms with Crippen LogP contribution in [0.5, 0.6) is 5.75 Å². The third kappa shape index (κ3) is 7.07. The van der Waals surface area contributed by atoms with Crippen LogP contribution in [0.25, 0.3) is 0 Å². The number of hydrogen-bond acceptors (Lipinski definition) is 6. The van der Waals surface area contributed by atoms with Crippen LogP contribution in [-0.4, -0.2) is 35.2 Å². The van der Waals surface area contributed by atoms with E-state index in [4.69, 9.17) is 21.0 Å². The number of carboxylic acids is 1. The second kappa shape index (κ2) is 12.2. The van der Waals surface area contributed by atoms with Crippen molar-refractivity contribution in [1.82, 2.24) is 0 Å². The predicted octanol–water partition coefficient (Wildman–Crippen LogP) is 4.46. The zero-order chi connectivity index (χ0) is 27.8. The molecule has 4 rings (SSSR count). The minimum atomic E-state index is -1.12. The van der Waals surface area contributed by atoms with Crippen molar-refractivity contribution in [2.45, 2.75) is 6.04 Å². The van der Waals surface area contributed by atoms with Crippen molar-refractivity contribution in [2.24, 2.45) is 5.73 Å². The fourth-order valence-corrected chi connectivity index (χ4v) is 3.85. The van der Waals surface area contributed by atoms with E-state index >= 15 is 0 Å². The Morgan fingerprint density at radius 2 is 1.46 bits per heavy atom. The highest BCUT2D eigenvalue weighted by Gasteiger charge is 2.22. The summed E-state index contributed by atoms with van der Waals surface area (Å²) in [6.45, 7) is -0.525. The first-order chi connectivity index (χ1) is 18.8. The molecule has 0 aliphatic heterocycles. The van der Waals surface area contributed by atoms with Crippen molar-refractivity contribution < 1.29 is 24.2 Å². The molecule has 196 valence electrons. The summed E-state index contributed by atoms with van der Waals surface area (Å²) in [5.74, 6) is -1.50. The molecule has 0 spiro atoms. The summed E-state index contributed by atoms with van der Waals surface area (Å²) < 4.78 is 5.29. The van der Waals surface area contributed by atoms with Crippen LogP contribution in [0.15, 0.2) is 103 Å². The van der Waals surface area contributed by atoms with Crippen molar-refractivity contribution >= 4 is 34.9 Å². The van der Waals surface area contributed by atoms with Gasteiger partial charge in [-0.05, 0) is 54.1 Å². The van der Waals surface area contributed by atoms with E-state index < -0.39 is 24.5 Å². The Kier molecular flexibility index (Phi) is 8.33. The lowest BCUT2D eigenvalue weighted by molar-refractivity contribution is -0.139. The van der Waals surface area contributed by atoms with Gasteiger partial charge in [0.15, 0.2) is 12.4 Å². The maximum absolute atomic E-state index is 13.5. The average Bonchev–Trinajstić information content (AvgIpc) is 2.95. The van der Waals surface area contributed by atoms with Crippen molar-refractivity contribution in [1.29, 1.82) is 5.41 Å². The Morgan fingerprint density at radius 1 is 0.795 bits per heavy atom. The lowest BCUT2D eigenvalue weighted by atomic mass is 10.0. The molecule has 0 bridgehead atoms. The van der Waals surface area contributed by atoms with E-state index in [0.29, 0.717) is 33.6 Å². The van der Waals surface area contributed by atoms with Crippen molar-refractivity contribution in [3.8, 4) is 5.75 Å². The summed E-state index contributed by atoms with van der Waals surface area (Å²) >= 11 is 0. The van der Waals surface area contributed by atoms with E-state index in [9.17, 15) is 14.4 Å². The molecule has 0 saturated heterocycles. The molecule has 0 radical (unpaired) electrons. The third-order valence-electron chi connectivity index (χ3n) is 5.75. The summed E-state index contributed by atoms with van der Waals surface area (Å²) in [5, 5.41) is 22.7. The van der Waals surface area contributed by atoms with Crippen LogP contribution in [0, 0.1) is 5.41 Å². The molecule has 9 nitrogen and oxygen atoms in total. The Morgan fingerprint density at radius 3 is 2.15 bits per heavy atom. The van der Waals surface area contributed by atoms with Crippen molar-refractivity contribution in [2.75, 3.05) is 17.2 Å². The fourth-order valence-electron chi connectivity index (χ4n) is 3.85. The molecule has 39 heavy (non-hydrogen) atoms. The van der Waals surface area contributed by atoms with Crippen LogP contribution in [-0.2, 0) is 9.59 Å². The van der Waals surface area contributed by atoms with Crippen molar-refractivity contribution in [3.05, 3.63) is 125 Å². The molecule has 0 aliphatic rings. The monoisotopic (exact) mass is 522 g/mol. The number of anilines is 2. The number of carbonyl (C=O) groups excluding carboxylic acids is 2. The highest BCUT2D eigenvalue weighted by molar-refractivity contribution is 6.09. The van der Waals surface area contributed by atoms with E-state index in [1.807, 2.05) is 6.07 Å². The highest BCUT2D eigenvalue weighted by Crippen LogP contribution is 2.26. The number of amidine groups is 1. The number of carboxylic acid groups (broad SMARTS) is 1. The highest BCUT2D eigenvalue weighted by atomic mass is 16.5. The standard InChI is InChI=1S/C30H26N4O5/c31-29(32)22-9-4-10-24(16-22)33-27(21-8-5-11-25(17-21)39-18-26(35)36)30(38)34-23-14-12-20(13-15-23)28(37)19-6-2-1-3-7-19/h1-17,27,33H,18H2,(H3,31,32)(H,34,38)(H,35,36). The summed E-state index contributed by atoms with van der Waals surface area (Å²) in [6, 6.07) is 27.9. The number of benzene rings is 4. The normalized spacial score (nSPS) is 11.2. The molecule has 1 atom stereocenters. The van der Waals surface area contributed by atoms with Gasteiger partial charge in [0.2, 0.25) is 0 Å². The largest absolute Gasteiger partial charge is 0.482 e. The fraction of sp³-hybridized carbons (Fsp3) is 0.0667. The van der Waals surface area contributed by atoms with Crippen LogP contribution in [0.4, 0.5) is 11.4 Å². The number of carbonyl (C=O) groups is 3. The quantitative estimate of drug-likeness (QED) is 0.111. The van der Waals surface area contributed by atoms with E-state index in [2.05, 4.69) is 10.6 Å². The van der Waals surface area contributed by atoms with Gasteiger partial charge in [0, 0.05) is 28.1 Å². The van der Waals surface area contributed by atoms with Crippen LogP contribution < -0.4 is 21.1 Å². The van der Waals surface area contributed by atoms with Gasteiger partial charge in [-0.1, -0.05) is 54.6 Å². The van der Waals surface area contributed by atoms with Gasteiger partial charge >= 0.3 is 5.97 Å². The molecule has 1 unspecified atom stereocenters. The Labute approximate surface area is 224 Å². The van der Waals surface area contributed by atoms with Crippen LogP contribution >= 0.6 is 0 Å². The zero-order valence-corrected chi connectivity index (χ0v) is 20.8. The van der Waals surface area contributed by atoms with Crippen molar-refractivity contribution in [3.63, 3.8) is 0 Å². The van der Waals surface area contributed by atoms with Crippen LogP contribution in [0.3, 0.4) is 0 Å². The van der Waals surface area contributed by atoms with Gasteiger partial charge < -0.3 is 26.2 Å². The molecule has 4 aromatic rings. The Bertz CT molecular complexity index is 1500. The smallest absolute Gasteiger partial charge is 0.341 e. The lowest BCUT2D eigenvalue weighted by Crippen LogP contribution is -2.27. The first-order valence-electron chi connectivity index (χ1n) is 12.0. The first kappa shape index (κ1) is 26.6. The number of amides is 1. The number of hydrogen-bond donors (Lipinski definition) is 5. The summed E-state index contributed by atoms with van der Waals surface area (Å²) in [6.07, 6.45) is 0. The predicted molar refractivity (Wildman–Crippen MR) is 148 cm³/mol. The van der Waals surface area contributed by atoms with Crippen LogP contribution in [0.1, 0.15) is 33.1 Å². The van der Waals surface area contributed by atoms with E-state index in [1.165, 1.54) is 0 Å². The Hall–Kier alpha value is -5.44. The van der Waals surface area contributed by atoms with Gasteiger partial charge in [-0.15, -0.1) is 0 Å². The summed E-state index contributed by atoms with van der Waals surface area (Å²) in [5.41, 5.74) is 8.69. The SMILES string of the molecule is N=C(N)c1cccc(NC(C(=O)Nc2ccc(C(=O)c3ccccc3)cc2)c2cccc(OCC(=O)O)c2)c1. The van der Waals surface area contributed by atoms with E-state index in [-0.39, 0.29) is 17.4 Å². The molecular weight excluding hydrogens is 496 g/mol. The molecule has 0 aliphatic carbocycles. The molecule has 9 heteroatoms. The number of aliphatic carboxylic acids is 1. The van der Waals surface area contributed by atoms with Gasteiger partial charge in [0.25, 0.3) is 5.91 Å². The molecule has 0 saturated carbocycles. The maximum Gasteiger partial charge on any atom is 0.341 e. The topological polar surface area (TPSA) is 155 Å². The van der Waals surface area contributed by atoms with Gasteiger partial charge in [-0.3, -0.25) is 15.0 Å². The molecule has 0 fully saturated rings. The van der Waals surface area contributed by atoms with Crippen LogP contribution in [0.2, 0.25) is 0 Å². The van der Waals surface area contributed by atoms with E-state index in [1.54, 1.807) is 97.1 Å². The minimum Gasteiger partial charge on any atom is -0.482 e. The molecular formula is C30H26N4O5. The Balaban J connectivity index is 1.58. The lowest BCUT2D eigenvalue weighted by Gasteiger charge is -2.21. The van der Waals surface area contributed by atoms with E-state index in [0.717, 1.165) is 0 Å². The molecule has 4 aromatic carbocycles. The molecule has 0 aromatic heterocycles. The summed E-state index contributed by atoms with van der Waals surface area (Å²) in [7, 11) is 0. The number of nitrogen functional groups attached to an aromatic ring is 1. The molecule has 1 amide bonds. The number of ketones is 1. The molecule has 6 N–H and O–H groups in total. The second-order valence-corrected chi connectivity index (χ2v) is 8.59. The van der Waals surface area contributed by atoms with Gasteiger partial charge in [-0.25, -0.2) is 4.79 Å². The number of ether oxygens (including phenoxy) is 1. The maximum atomic E-state index is 13.5. The average molecular weight is 523 g/mol. The second-order valence-electron chi connectivity index (χ2n) is 8.59. The summed E-state index contributed by atoms with van der Waals surface area (Å²) in [4.78, 5) is 37.1. The molecule has 0 heterocycles. The zero-order valence-electron chi connectivity index (χ0n) is 20.8. The number of nitrogens with two attached hydrogens (primary N) is 1. The minimum absolute atomic E-state index is 0.117. The number of nitrogens with one attached hydrogen (secondary N) is 3. The number of rotatable bonds is 11. The first-order valence-corrected chi connectivity index (χ1v) is 12.0. The van der Waals surface area contributed by atoms with Gasteiger partial charge in [0.1, 0.15) is 17.6 Å². The van der Waals surface area contributed by atoms with Gasteiger partial charge in [-0.2, -0.15) is 0 Å².